The van der Waals surface area contributed by atoms with Crippen LogP contribution in [0, 0.1) is 17.3 Å². The van der Waals surface area contributed by atoms with Crippen molar-refractivity contribution < 1.29 is 5.11 Å². The van der Waals surface area contributed by atoms with Crippen molar-refractivity contribution in [1.29, 1.82) is 0 Å². The summed E-state index contributed by atoms with van der Waals surface area (Å²) in [6.45, 7) is 9.58. The molecule has 1 rings (SSSR count). The van der Waals surface area contributed by atoms with Gasteiger partial charge in [0.25, 0.3) is 0 Å². The van der Waals surface area contributed by atoms with E-state index in [2.05, 4.69) is 27.7 Å². The molecule has 0 aromatic rings. The zero-order valence-corrected chi connectivity index (χ0v) is 9.93. The first-order valence-electron chi connectivity index (χ1n) is 5.54. The highest BCUT2D eigenvalue weighted by molar-refractivity contribution is 4.89. The third kappa shape index (κ3) is 2.70. The van der Waals surface area contributed by atoms with Crippen LogP contribution in [0.5, 0.6) is 0 Å². The lowest BCUT2D eigenvalue weighted by molar-refractivity contribution is 0.121. The molecule has 1 fully saturated rings. The molecule has 0 spiro atoms. The smallest absolute Gasteiger partial charge is 0.0319 e. The second kappa shape index (κ2) is 5.64. The highest BCUT2D eigenvalue weighted by atomic mass is 16.2. The minimum atomic E-state index is 0.694. The summed E-state index contributed by atoms with van der Waals surface area (Å²) in [5, 5.41) is 7.00. The Labute approximate surface area is 83.5 Å². The fourth-order valence-corrected chi connectivity index (χ4v) is 2.85. The largest absolute Gasteiger partial charge is 0.400 e. The van der Waals surface area contributed by atoms with Gasteiger partial charge in [0.1, 0.15) is 0 Å². The van der Waals surface area contributed by atoms with Crippen molar-refractivity contribution >= 4 is 0 Å². The van der Waals surface area contributed by atoms with Gasteiger partial charge in [-0.2, -0.15) is 0 Å². The van der Waals surface area contributed by atoms with Crippen LogP contribution in [0.25, 0.3) is 0 Å². The monoisotopic (exact) mass is 186 g/mol. The number of aliphatic hydroxyl groups is 1. The van der Waals surface area contributed by atoms with Crippen LogP contribution in [0.2, 0.25) is 0 Å². The van der Waals surface area contributed by atoms with Gasteiger partial charge in [-0.25, -0.2) is 0 Å². The third-order valence-corrected chi connectivity index (χ3v) is 3.83. The van der Waals surface area contributed by atoms with E-state index in [0.717, 1.165) is 18.9 Å². The summed E-state index contributed by atoms with van der Waals surface area (Å²) in [4.78, 5) is 0. The fourth-order valence-electron chi connectivity index (χ4n) is 2.85. The lowest BCUT2D eigenvalue weighted by Gasteiger charge is -2.37. The van der Waals surface area contributed by atoms with E-state index in [1.54, 1.807) is 0 Å². The Kier molecular flexibility index (Phi) is 5.62. The quantitative estimate of drug-likeness (QED) is 0.700. The maximum Gasteiger partial charge on any atom is 0.0319 e. The number of hydrogen-bond acceptors (Lipinski definition) is 1. The Morgan fingerprint density at radius 2 is 1.15 bits per heavy atom. The molecule has 0 saturated heterocycles. The molecule has 1 saturated carbocycles. The van der Waals surface area contributed by atoms with Gasteiger partial charge in [-0.05, 0) is 30.1 Å². The van der Waals surface area contributed by atoms with Crippen LogP contribution < -0.4 is 0 Å². The van der Waals surface area contributed by atoms with Crippen LogP contribution in [0.15, 0.2) is 0 Å². The van der Waals surface area contributed by atoms with Crippen LogP contribution in [0.1, 0.15) is 53.4 Å². The van der Waals surface area contributed by atoms with Crippen molar-refractivity contribution in [2.45, 2.75) is 53.4 Å². The molecule has 0 amide bonds. The fraction of sp³-hybridized carbons (Fsp3) is 1.00. The molecule has 1 aliphatic rings. The SMILES string of the molecule is CC(C)C1(C(C)C)CCCC1.CO. The summed E-state index contributed by atoms with van der Waals surface area (Å²) in [6.07, 6.45) is 5.89. The van der Waals surface area contributed by atoms with E-state index in [1.807, 2.05) is 0 Å². The molecule has 0 aromatic heterocycles. The normalized spacial score (nSPS) is 20.3. The van der Waals surface area contributed by atoms with Crippen molar-refractivity contribution in [3.63, 3.8) is 0 Å². The van der Waals surface area contributed by atoms with Crippen molar-refractivity contribution in [2.24, 2.45) is 17.3 Å². The van der Waals surface area contributed by atoms with Crippen molar-refractivity contribution in [1.82, 2.24) is 0 Å². The van der Waals surface area contributed by atoms with E-state index in [4.69, 9.17) is 5.11 Å². The molecule has 1 aliphatic carbocycles. The van der Waals surface area contributed by atoms with Crippen LogP contribution in [0.4, 0.5) is 0 Å². The summed E-state index contributed by atoms with van der Waals surface area (Å²) >= 11 is 0. The maximum absolute atomic E-state index is 7.00. The molecule has 80 valence electrons. The molecule has 1 N–H and O–H groups in total. The van der Waals surface area contributed by atoms with Gasteiger partial charge < -0.3 is 5.11 Å². The van der Waals surface area contributed by atoms with Gasteiger partial charge >= 0.3 is 0 Å². The van der Waals surface area contributed by atoms with Gasteiger partial charge in [-0.3, -0.25) is 0 Å². The molecule has 0 bridgehead atoms. The van der Waals surface area contributed by atoms with Crippen molar-refractivity contribution in [3.8, 4) is 0 Å². The van der Waals surface area contributed by atoms with Crippen molar-refractivity contribution in [3.05, 3.63) is 0 Å². The van der Waals surface area contributed by atoms with Crippen LogP contribution in [-0.2, 0) is 0 Å². The number of aliphatic hydroxyl groups excluding tert-OH is 1. The van der Waals surface area contributed by atoms with Gasteiger partial charge in [0.2, 0.25) is 0 Å². The molecule has 0 aliphatic heterocycles. The molecule has 0 radical (unpaired) electrons. The molecule has 0 aromatic carbocycles. The van der Waals surface area contributed by atoms with E-state index < -0.39 is 0 Å². The number of hydrogen-bond donors (Lipinski definition) is 1. The summed E-state index contributed by atoms with van der Waals surface area (Å²) in [5.74, 6) is 1.76. The van der Waals surface area contributed by atoms with Gasteiger partial charge in [0, 0.05) is 7.11 Å². The lowest BCUT2D eigenvalue weighted by atomic mass is 9.68. The topological polar surface area (TPSA) is 20.2 Å². The predicted molar refractivity (Wildman–Crippen MR) is 58.7 cm³/mol. The van der Waals surface area contributed by atoms with Gasteiger partial charge in [-0.15, -0.1) is 0 Å². The summed E-state index contributed by atoms with van der Waals surface area (Å²) in [7, 11) is 1.00. The molecule has 0 heterocycles. The van der Waals surface area contributed by atoms with Crippen LogP contribution in [0.3, 0.4) is 0 Å². The molecule has 13 heavy (non-hydrogen) atoms. The highest BCUT2D eigenvalue weighted by Gasteiger charge is 2.39. The van der Waals surface area contributed by atoms with Gasteiger partial charge in [0.15, 0.2) is 0 Å². The molecule has 1 heteroatoms. The van der Waals surface area contributed by atoms with E-state index >= 15 is 0 Å². The Morgan fingerprint density at radius 1 is 0.846 bits per heavy atom. The van der Waals surface area contributed by atoms with Crippen LogP contribution in [-0.4, -0.2) is 12.2 Å². The minimum absolute atomic E-state index is 0.694. The molecule has 1 nitrogen and oxygen atoms in total. The van der Waals surface area contributed by atoms with Crippen molar-refractivity contribution in [2.75, 3.05) is 7.11 Å². The first-order chi connectivity index (χ1) is 6.09. The lowest BCUT2D eigenvalue weighted by Crippen LogP contribution is -2.29. The summed E-state index contributed by atoms with van der Waals surface area (Å²) in [5.41, 5.74) is 0.694. The second-order valence-corrected chi connectivity index (χ2v) is 4.75. The first-order valence-corrected chi connectivity index (χ1v) is 5.54. The Bertz CT molecular complexity index is 111. The molecular weight excluding hydrogens is 160 g/mol. The highest BCUT2D eigenvalue weighted by Crippen LogP contribution is 2.49. The van der Waals surface area contributed by atoms with E-state index in [0.29, 0.717) is 5.41 Å². The summed E-state index contributed by atoms with van der Waals surface area (Å²) in [6, 6.07) is 0. The zero-order valence-electron chi connectivity index (χ0n) is 9.93. The first kappa shape index (κ1) is 13.0. The average molecular weight is 186 g/mol. The zero-order chi connectivity index (χ0) is 10.5. The minimum Gasteiger partial charge on any atom is -0.400 e. The average Bonchev–Trinajstić information content (AvgIpc) is 2.56. The Balaban J connectivity index is 0.000000671. The van der Waals surface area contributed by atoms with E-state index in [9.17, 15) is 0 Å². The Hall–Kier alpha value is -0.0400. The molecule has 0 unspecified atom stereocenters. The summed E-state index contributed by atoms with van der Waals surface area (Å²) < 4.78 is 0. The molecule has 0 atom stereocenters. The molecular formula is C12H26O. The predicted octanol–water partition coefficient (Wildman–Crippen LogP) is 3.47. The standard InChI is InChI=1S/C11H22.CH4O/c1-9(2)11(10(3)4)7-5-6-8-11;1-2/h9-10H,5-8H2,1-4H3;2H,1H3. The van der Waals surface area contributed by atoms with Crippen LogP contribution >= 0.6 is 0 Å². The van der Waals surface area contributed by atoms with E-state index in [-0.39, 0.29) is 0 Å². The Morgan fingerprint density at radius 3 is 1.31 bits per heavy atom. The number of rotatable bonds is 2. The third-order valence-electron chi connectivity index (χ3n) is 3.83. The van der Waals surface area contributed by atoms with Gasteiger partial charge in [0.05, 0.1) is 0 Å². The maximum atomic E-state index is 7.00. The van der Waals surface area contributed by atoms with E-state index in [1.165, 1.54) is 25.7 Å². The van der Waals surface area contributed by atoms with Gasteiger partial charge in [-0.1, -0.05) is 40.5 Å². The second-order valence-electron chi connectivity index (χ2n) is 4.75.